The number of aromatic nitrogens is 1. The van der Waals surface area contributed by atoms with Crippen molar-refractivity contribution in [2.45, 2.75) is 13.1 Å². The van der Waals surface area contributed by atoms with Crippen LogP contribution in [0.1, 0.15) is 21.6 Å². The first kappa shape index (κ1) is 15.8. The van der Waals surface area contributed by atoms with Crippen molar-refractivity contribution in [2.75, 3.05) is 21.3 Å². The van der Waals surface area contributed by atoms with E-state index in [-0.39, 0.29) is 5.56 Å². The Morgan fingerprint density at radius 3 is 2.64 bits per heavy atom. The van der Waals surface area contributed by atoms with E-state index in [1.54, 1.807) is 12.1 Å². The topological polar surface area (TPSA) is 85.0 Å². The third-order valence-electron chi connectivity index (χ3n) is 3.22. The summed E-state index contributed by atoms with van der Waals surface area (Å²) in [6.07, 6.45) is 1.50. The molecule has 2 aromatic rings. The molecular weight excluding hydrogens is 288 g/mol. The van der Waals surface area contributed by atoms with Gasteiger partial charge in [0.2, 0.25) is 0 Å². The molecule has 1 aromatic heterocycles. The second kappa shape index (κ2) is 6.95. The normalized spacial score (nSPS) is 10.7. The van der Waals surface area contributed by atoms with Crippen molar-refractivity contribution in [3.05, 3.63) is 41.3 Å². The molecule has 1 aromatic carbocycles. The summed E-state index contributed by atoms with van der Waals surface area (Å²) < 4.78 is 15.2. The van der Waals surface area contributed by atoms with Crippen LogP contribution in [0.2, 0.25) is 0 Å². The minimum atomic E-state index is -1.03. The number of benzene rings is 1. The van der Waals surface area contributed by atoms with Gasteiger partial charge in [0, 0.05) is 30.8 Å². The first-order valence-electron chi connectivity index (χ1n) is 6.61. The first-order valence-corrected chi connectivity index (χ1v) is 6.61. The van der Waals surface area contributed by atoms with Crippen LogP contribution >= 0.6 is 0 Å². The molecule has 0 aliphatic carbocycles. The average Bonchev–Trinajstić information content (AvgIpc) is 2.99. The Labute approximate surface area is 128 Å². The molecule has 118 valence electrons. The highest BCUT2D eigenvalue weighted by Crippen LogP contribution is 2.30. The van der Waals surface area contributed by atoms with Crippen molar-refractivity contribution in [2.24, 2.45) is 0 Å². The van der Waals surface area contributed by atoms with Crippen LogP contribution in [0.3, 0.4) is 0 Å². The summed E-state index contributed by atoms with van der Waals surface area (Å²) in [6.45, 7) is 0.923. The Morgan fingerprint density at radius 2 is 2.09 bits per heavy atom. The van der Waals surface area contributed by atoms with Gasteiger partial charge in [0.05, 0.1) is 25.5 Å². The summed E-state index contributed by atoms with van der Waals surface area (Å²) in [5, 5.41) is 13.3. The van der Waals surface area contributed by atoms with Gasteiger partial charge >= 0.3 is 5.97 Å². The number of methoxy groups -OCH3 is 2. The second-order valence-corrected chi connectivity index (χ2v) is 4.82. The van der Waals surface area contributed by atoms with Crippen LogP contribution in [0.15, 0.2) is 29.0 Å². The molecule has 1 N–H and O–H groups in total. The molecule has 0 saturated heterocycles. The number of carboxylic acids is 1. The summed E-state index contributed by atoms with van der Waals surface area (Å²) in [4.78, 5) is 13.4. The molecule has 0 atom stereocenters. The number of hydrogen-bond acceptors (Lipinski definition) is 6. The van der Waals surface area contributed by atoms with Gasteiger partial charge in [-0.15, -0.1) is 0 Å². The highest BCUT2D eigenvalue weighted by molar-refractivity contribution is 5.91. The SMILES string of the molecule is COc1cc(OC)c(CN(C)Cc2ccon2)c(C(=O)O)c1. The highest BCUT2D eigenvalue weighted by atomic mass is 16.5. The standard InChI is InChI=1S/C15H18N2O5/c1-17(8-10-4-5-22-16-10)9-13-12(15(18)19)6-11(20-2)7-14(13)21-3/h4-7H,8-9H2,1-3H3,(H,18,19). The molecule has 0 fully saturated rings. The van der Waals surface area contributed by atoms with Crippen LogP contribution in [0.25, 0.3) is 0 Å². The van der Waals surface area contributed by atoms with E-state index in [4.69, 9.17) is 14.0 Å². The zero-order valence-corrected chi connectivity index (χ0v) is 12.7. The quantitative estimate of drug-likeness (QED) is 0.837. The number of carbonyl (C=O) groups is 1. The second-order valence-electron chi connectivity index (χ2n) is 4.82. The van der Waals surface area contributed by atoms with Gasteiger partial charge in [0.25, 0.3) is 0 Å². The number of ether oxygens (including phenoxy) is 2. The van der Waals surface area contributed by atoms with Gasteiger partial charge in [-0.25, -0.2) is 4.79 Å². The van der Waals surface area contributed by atoms with Crippen molar-refractivity contribution in [3.63, 3.8) is 0 Å². The van der Waals surface area contributed by atoms with E-state index >= 15 is 0 Å². The van der Waals surface area contributed by atoms with E-state index in [2.05, 4.69) is 5.16 Å². The van der Waals surface area contributed by atoms with Crippen molar-refractivity contribution in [1.82, 2.24) is 10.1 Å². The highest BCUT2D eigenvalue weighted by Gasteiger charge is 2.19. The molecule has 2 rings (SSSR count). The number of carboxylic acid groups (broad SMARTS) is 1. The predicted molar refractivity (Wildman–Crippen MR) is 78.2 cm³/mol. The van der Waals surface area contributed by atoms with Crippen molar-refractivity contribution >= 4 is 5.97 Å². The number of nitrogens with zero attached hydrogens (tertiary/aromatic N) is 2. The molecule has 0 bridgehead atoms. The van der Waals surface area contributed by atoms with Crippen LogP contribution in [0.5, 0.6) is 11.5 Å². The Bertz CT molecular complexity index is 640. The van der Waals surface area contributed by atoms with Gasteiger partial charge in [0.1, 0.15) is 17.8 Å². The fraction of sp³-hybridized carbons (Fsp3) is 0.333. The van der Waals surface area contributed by atoms with Crippen LogP contribution in [-0.4, -0.2) is 42.4 Å². The van der Waals surface area contributed by atoms with Crippen LogP contribution < -0.4 is 9.47 Å². The molecule has 1 heterocycles. The maximum Gasteiger partial charge on any atom is 0.336 e. The van der Waals surface area contributed by atoms with Gasteiger partial charge in [-0.2, -0.15) is 0 Å². The lowest BCUT2D eigenvalue weighted by molar-refractivity contribution is 0.0693. The summed E-state index contributed by atoms with van der Waals surface area (Å²) in [5.74, 6) is -0.108. The zero-order valence-electron chi connectivity index (χ0n) is 12.7. The summed E-state index contributed by atoms with van der Waals surface area (Å²) in [7, 11) is 4.85. The Hall–Kier alpha value is -2.54. The van der Waals surface area contributed by atoms with Gasteiger partial charge in [0.15, 0.2) is 0 Å². The minimum absolute atomic E-state index is 0.156. The minimum Gasteiger partial charge on any atom is -0.497 e. The maximum absolute atomic E-state index is 11.5. The van der Waals surface area contributed by atoms with Crippen LogP contribution in [0.4, 0.5) is 0 Å². The van der Waals surface area contributed by atoms with Crippen LogP contribution in [-0.2, 0) is 13.1 Å². The third-order valence-corrected chi connectivity index (χ3v) is 3.22. The molecule has 0 aliphatic rings. The molecule has 0 saturated carbocycles. The Morgan fingerprint density at radius 1 is 1.32 bits per heavy atom. The lowest BCUT2D eigenvalue weighted by Gasteiger charge is -2.19. The number of aromatic carboxylic acids is 1. The molecule has 22 heavy (non-hydrogen) atoms. The van der Waals surface area contributed by atoms with Gasteiger partial charge in [-0.3, -0.25) is 4.90 Å². The predicted octanol–water partition coefficient (Wildman–Crippen LogP) is 2.02. The monoisotopic (exact) mass is 306 g/mol. The number of hydrogen-bond donors (Lipinski definition) is 1. The molecular formula is C15H18N2O5. The van der Waals surface area contributed by atoms with E-state index in [0.29, 0.717) is 30.2 Å². The summed E-state index contributed by atoms with van der Waals surface area (Å²) >= 11 is 0. The van der Waals surface area contributed by atoms with E-state index in [1.165, 1.54) is 26.5 Å². The zero-order chi connectivity index (χ0) is 16.1. The van der Waals surface area contributed by atoms with Gasteiger partial charge in [-0.05, 0) is 13.1 Å². The first-order chi connectivity index (χ1) is 10.5. The molecule has 7 heteroatoms. The fourth-order valence-electron chi connectivity index (χ4n) is 2.20. The van der Waals surface area contributed by atoms with Crippen molar-refractivity contribution in [3.8, 4) is 11.5 Å². The van der Waals surface area contributed by atoms with Gasteiger partial charge in [-0.1, -0.05) is 5.16 Å². The number of rotatable bonds is 7. The van der Waals surface area contributed by atoms with E-state index in [9.17, 15) is 9.90 Å². The molecule has 0 amide bonds. The maximum atomic E-state index is 11.5. The Balaban J connectivity index is 2.29. The lowest BCUT2D eigenvalue weighted by atomic mass is 10.0. The smallest absolute Gasteiger partial charge is 0.336 e. The fourth-order valence-corrected chi connectivity index (χ4v) is 2.20. The van der Waals surface area contributed by atoms with E-state index < -0.39 is 5.97 Å². The summed E-state index contributed by atoms with van der Waals surface area (Å²) in [6, 6.07) is 4.93. The third kappa shape index (κ3) is 3.56. The van der Waals surface area contributed by atoms with Crippen LogP contribution in [0, 0.1) is 0 Å². The molecule has 0 radical (unpaired) electrons. The van der Waals surface area contributed by atoms with E-state index in [0.717, 1.165) is 5.69 Å². The average molecular weight is 306 g/mol. The Kier molecular flexibility index (Phi) is 5.00. The molecule has 0 spiro atoms. The van der Waals surface area contributed by atoms with Crippen molar-refractivity contribution in [1.29, 1.82) is 0 Å². The van der Waals surface area contributed by atoms with Gasteiger partial charge < -0.3 is 19.1 Å². The molecule has 0 unspecified atom stereocenters. The summed E-state index contributed by atoms with van der Waals surface area (Å²) in [5.41, 5.74) is 1.51. The largest absolute Gasteiger partial charge is 0.497 e. The van der Waals surface area contributed by atoms with Crippen molar-refractivity contribution < 1.29 is 23.9 Å². The van der Waals surface area contributed by atoms with E-state index in [1.807, 2.05) is 11.9 Å². The lowest BCUT2D eigenvalue weighted by Crippen LogP contribution is -2.20. The molecule has 0 aliphatic heterocycles. The molecule has 7 nitrogen and oxygen atoms in total.